The van der Waals surface area contributed by atoms with Crippen molar-refractivity contribution in [2.75, 3.05) is 7.11 Å². The molecule has 0 radical (unpaired) electrons. The molecule has 0 aliphatic carbocycles. The molecule has 0 fully saturated rings. The van der Waals surface area contributed by atoms with E-state index in [0.29, 0.717) is 5.75 Å². The van der Waals surface area contributed by atoms with Gasteiger partial charge in [0.15, 0.2) is 0 Å². The van der Waals surface area contributed by atoms with Gasteiger partial charge in [0, 0.05) is 5.56 Å². The van der Waals surface area contributed by atoms with Gasteiger partial charge in [0.05, 0.1) is 32.1 Å². The van der Waals surface area contributed by atoms with Gasteiger partial charge in [0.2, 0.25) is 5.91 Å². The van der Waals surface area contributed by atoms with Crippen LogP contribution in [-0.4, -0.2) is 25.1 Å². The Bertz CT molecular complexity index is 728. The van der Waals surface area contributed by atoms with E-state index in [1.807, 2.05) is 54.6 Å². The first-order valence-corrected chi connectivity index (χ1v) is 8.65. The highest BCUT2D eigenvalue weighted by Crippen LogP contribution is 2.20. The fourth-order valence-corrected chi connectivity index (χ4v) is 2.68. The Morgan fingerprint density at radius 1 is 1.00 bits per heavy atom. The van der Waals surface area contributed by atoms with E-state index >= 15 is 0 Å². The SMILES string of the molecule is COc1ccccc1CC(=O)N[C@@H](CC(=O)OC(C)C)c1ccccc1. The van der Waals surface area contributed by atoms with Crippen molar-refractivity contribution in [1.29, 1.82) is 0 Å². The third-order valence-corrected chi connectivity index (χ3v) is 3.82. The molecule has 2 aromatic rings. The molecule has 5 nitrogen and oxygen atoms in total. The Morgan fingerprint density at radius 3 is 2.31 bits per heavy atom. The number of amides is 1. The molecule has 2 rings (SSSR count). The standard InChI is InChI=1S/C21H25NO4/c1-15(2)26-21(24)14-18(16-9-5-4-6-10-16)22-20(23)13-17-11-7-8-12-19(17)25-3/h4-12,15,18H,13-14H2,1-3H3,(H,22,23)/t18-/m0/s1. The molecule has 0 saturated carbocycles. The predicted molar refractivity (Wildman–Crippen MR) is 99.9 cm³/mol. The van der Waals surface area contributed by atoms with Crippen molar-refractivity contribution in [3.8, 4) is 5.75 Å². The van der Waals surface area contributed by atoms with Gasteiger partial charge in [-0.1, -0.05) is 48.5 Å². The van der Waals surface area contributed by atoms with Crippen LogP contribution in [0.2, 0.25) is 0 Å². The lowest BCUT2D eigenvalue weighted by Crippen LogP contribution is -2.32. The maximum absolute atomic E-state index is 12.5. The number of benzene rings is 2. The van der Waals surface area contributed by atoms with Gasteiger partial charge in [0.1, 0.15) is 5.75 Å². The third-order valence-electron chi connectivity index (χ3n) is 3.82. The smallest absolute Gasteiger partial charge is 0.308 e. The highest BCUT2D eigenvalue weighted by Gasteiger charge is 2.20. The number of esters is 1. The summed E-state index contributed by atoms with van der Waals surface area (Å²) in [5.41, 5.74) is 1.66. The molecule has 1 atom stereocenters. The highest BCUT2D eigenvalue weighted by molar-refractivity contribution is 5.81. The average Bonchev–Trinajstić information content (AvgIpc) is 2.61. The van der Waals surface area contributed by atoms with Crippen molar-refractivity contribution in [1.82, 2.24) is 5.32 Å². The molecule has 2 aromatic carbocycles. The first kappa shape index (κ1) is 19.5. The van der Waals surface area contributed by atoms with Crippen LogP contribution in [-0.2, 0) is 20.7 Å². The van der Waals surface area contributed by atoms with Gasteiger partial charge in [-0.25, -0.2) is 0 Å². The quantitative estimate of drug-likeness (QED) is 0.737. The second-order valence-corrected chi connectivity index (χ2v) is 6.26. The van der Waals surface area contributed by atoms with Crippen LogP contribution in [0.4, 0.5) is 0 Å². The van der Waals surface area contributed by atoms with Crippen molar-refractivity contribution < 1.29 is 19.1 Å². The molecule has 26 heavy (non-hydrogen) atoms. The summed E-state index contributed by atoms with van der Waals surface area (Å²) in [7, 11) is 1.57. The van der Waals surface area contributed by atoms with Crippen LogP contribution in [0.3, 0.4) is 0 Å². The summed E-state index contributed by atoms with van der Waals surface area (Å²) in [4.78, 5) is 24.6. The topological polar surface area (TPSA) is 64.6 Å². The Morgan fingerprint density at radius 2 is 1.65 bits per heavy atom. The van der Waals surface area contributed by atoms with Crippen molar-refractivity contribution in [3.63, 3.8) is 0 Å². The van der Waals surface area contributed by atoms with Gasteiger partial charge in [-0.05, 0) is 25.5 Å². The molecule has 0 heterocycles. The molecule has 1 N–H and O–H groups in total. The van der Waals surface area contributed by atoms with Crippen LogP contribution < -0.4 is 10.1 Å². The van der Waals surface area contributed by atoms with Crippen LogP contribution in [0.5, 0.6) is 5.75 Å². The van der Waals surface area contributed by atoms with Crippen LogP contribution >= 0.6 is 0 Å². The predicted octanol–water partition coefficient (Wildman–Crippen LogP) is 3.44. The number of hydrogen-bond donors (Lipinski definition) is 1. The van der Waals surface area contributed by atoms with Gasteiger partial charge < -0.3 is 14.8 Å². The summed E-state index contributed by atoms with van der Waals surface area (Å²) in [5, 5.41) is 2.94. The number of rotatable bonds is 8. The number of methoxy groups -OCH3 is 1. The van der Waals surface area contributed by atoms with Gasteiger partial charge in [-0.3, -0.25) is 9.59 Å². The second kappa shape index (κ2) is 9.61. The Labute approximate surface area is 154 Å². The van der Waals surface area contributed by atoms with E-state index in [1.54, 1.807) is 21.0 Å². The fourth-order valence-electron chi connectivity index (χ4n) is 2.68. The Hall–Kier alpha value is -2.82. The van der Waals surface area contributed by atoms with Gasteiger partial charge in [0.25, 0.3) is 0 Å². The molecule has 0 spiro atoms. The van der Waals surface area contributed by atoms with Crippen molar-refractivity contribution in [3.05, 3.63) is 65.7 Å². The van der Waals surface area contributed by atoms with E-state index in [1.165, 1.54) is 0 Å². The Kier molecular flexibility index (Phi) is 7.21. The molecule has 0 saturated heterocycles. The van der Waals surface area contributed by atoms with Crippen LogP contribution in [0.15, 0.2) is 54.6 Å². The second-order valence-electron chi connectivity index (χ2n) is 6.26. The summed E-state index contributed by atoms with van der Waals surface area (Å²) >= 11 is 0. The van der Waals surface area contributed by atoms with Crippen molar-refractivity contribution in [2.24, 2.45) is 0 Å². The molecular weight excluding hydrogens is 330 g/mol. The summed E-state index contributed by atoms with van der Waals surface area (Å²) in [6.45, 7) is 3.60. The molecule has 1 amide bonds. The van der Waals surface area contributed by atoms with Crippen LogP contribution in [0, 0.1) is 0 Å². The number of carbonyl (C=O) groups excluding carboxylic acids is 2. The lowest BCUT2D eigenvalue weighted by Gasteiger charge is -2.20. The average molecular weight is 355 g/mol. The van der Waals surface area contributed by atoms with Crippen LogP contribution in [0.25, 0.3) is 0 Å². The van der Waals surface area contributed by atoms with E-state index in [2.05, 4.69) is 5.32 Å². The molecule has 0 bridgehead atoms. The molecular formula is C21H25NO4. The summed E-state index contributed by atoms with van der Waals surface area (Å²) in [6, 6.07) is 16.4. The zero-order valence-electron chi connectivity index (χ0n) is 15.4. The number of nitrogens with one attached hydrogen (secondary N) is 1. The molecule has 138 valence electrons. The van der Waals surface area contributed by atoms with Gasteiger partial charge >= 0.3 is 5.97 Å². The first-order chi connectivity index (χ1) is 12.5. The van der Waals surface area contributed by atoms with Gasteiger partial charge in [-0.15, -0.1) is 0 Å². The maximum atomic E-state index is 12.5. The van der Waals surface area contributed by atoms with Crippen molar-refractivity contribution in [2.45, 2.75) is 38.8 Å². The lowest BCUT2D eigenvalue weighted by molar-refractivity contribution is -0.148. The van der Waals surface area contributed by atoms with E-state index < -0.39 is 6.04 Å². The third kappa shape index (κ3) is 5.92. The summed E-state index contributed by atoms with van der Waals surface area (Å²) < 4.78 is 10.5. The van der Waals surface area contributed by atoms with E-state index in [4.69, 9.17) is 9.47 Å². The van der Waals surface area contributed by atoms with E-state index in [0.717, 1.165) is 11.1 Å². The monoisotopic (exact) mass is 355 g/mol. The molecule has 0 aliphatic rings. The molecule has 0 unspecified atom stereocenters. The normalized spacial score (nSPS) is 11.7. The lowest BCUT2D eigenvalue weighted by atomic mass is 10.0. The Balaban J connectivity index is 2.10. The van der Waals surface area contributed by atoms with E-state index in [-0.39, 0.29) is 30.8 Å². The molecule has 5 heteroatoms. The maximum Gasteiger partial charge on any atom is 0.308 e. The molecule has 0 aliphatic heterocycles. The molecule has 0 aromatic heterocycles. The highest BCUT2D eigenvalue weighted by atomic mass is 16.5. The first-order valence-electron chi connectivity index (χ1n) is 8.65. The zero-order chi connectivity index (χ0) is 18.9. The minimum absolute atomic E-state index is 0.0832. The number of carbonyl (C=O) groups is 2. The fraction of sp³-hybridized carbons (Fsp3) is 0.333. The number of ether oxygens (including phenoxy) is 2. The van der Waals surface area contributed by atoms with Crippen LogP contribution in [0.1, 0.15) is 37.4 Å². The van der Waals surface area contributed by atoms with Gasteiger partial charge in [-0.2, -0.15) is 0 Å². The summed E-state index contributed by atoms with van der Waals surface area (Å²) in [6.07, 6.45) is 0.0649. The minimum Gasteiger partial charge on any atom is -0.496 e. The number of para-hydroxylation sites is 1. The zero-order valence-corrected chi connectivity index (χ0v) is 15.4. The van der Waals surface area contributed by atoms with Crippen molar-refractivity contribution >= 4 is 11.9 Å². The number of hydrogen-bond acceptors (Lipinski definition) is 4. The van der Waals surface area contributed by atoms with E-state index in [9.17, 15) is 9.59 Å². The largest absolute Gasteiger partial charge is 0.496 e. The summed E-state index contributed by atoms with van der Waals surface area (Å²) in [5.74, 6) is 0.144. The minimum atomic E-state index is -0.440.